The summed E-state index contributed by atoms with van der Waals surface area (Å²) in [5.74, 6) is 4.69. The van der Waals surface area contributed by atoms with Crippen LogP contribution >= 0.6 is 0 Å². The normalized spacial score (nSPS) is 11.4. The maximum Gasteiger partial charge on any atom is 0.221 e. The van der Waals surface area contributed by atoms with Crippen LogP contribution in [-0.4, -0.2) is 14.3 Å². The van der Waals surface area contributed by atoms with Crippen molar-refractivity contribution in [1.82, 2.24) is 5.43 Å². The van der Waals surface area contributed by atoms with Crippen molar-refractivity contribution >= 4 is 21.4 Å². The van der Waals surface area contributed by atoms with Crippen molar-refractivity contribution < 1.29 is 13.2 Å². The van der Waals surface area contributed by atoms with Crippen LogP contribution in [0.2, 0.25) is 0 Å². The molecule has 0 aliphatic carbocycles. The molecule has 7 heteroatoms. The van der Waals surface area contributed by atoms with Crippen LogP contribution in [0, 0.1) is 0 Å². The molecule has 4 N–H and O–H groups in total. The summed E-state index contributed by atoms with van der Waals surface area (Å²) in [6.07, 6.45) is 1.11. The average Bonchev–Trinajstić information content (AvgIpc) is 2.26. The molecule has 92 valence electrons. The number of carbonyl (C=O) groups is 1. The Balaban J connectivity index is 3.07. The first-order valence-electron chi connectivity index (χ1n) is 4.71. The van der Waals surface area contributed by atoms with Gasteiger partial charge in [0.2, 0.25) is 15.7 Å². The molecule has 0 aliphatic rings. The molecule has 1 amide bonds. The van der Waals surface area contributed by atoms with Gasteiger partial charge in [-0.05, 0) is 18.2 Å². The zero-order valence-electron chi connectivity index (χ0n) is 9.17. The Morgan fingerprint density at radius 2 is 2.12 bits per heavy atom. The van der Waals surface area contributed by atoms with Gasteiger partial charge in [-0.25, -0.2) is 8.42 Å². The summed E-state index contributed by atoms with van der Waals surface area (Å²) < 4.78 is 23.5. The maximum absolute atomic E-state index is 11.7. The molecule has 0 radical (unpaired) electrons. The molecule has 0 spiro atoms. The highest BCUT2D eigenvalue weighted by Gasteiger charge is 2.10. The van der Waals surface area contributed by atoms with Crippen LogP contribution in [0.5, 0.6) is 0 Å². The van der Waals surface area contributed by atoms with Crippen molar-refractivity contribution in [3.63, 3.8) is 0 Å². The number of benzene rings is 1. The first kappa shape index (κ1) is 13.2. The third-order valence-electron chi connectivity index (χ3n) is 1.83. The van der Waals surface area contributed by atoms with Gasteiger partial charge in [0.1, 0.15) is 0 Å². The number of hydrogen-bond donors (Lipinski definition) is 3. The van der Waals surface area contributed by atoms with Gasteiger partial charge in [0.15, 0.2) is 0 Å². The molecule has 6 nitrogen and oxygen atoms in total. The summed E-state index contributed by atoms with van der Waals surface area (Å²) in [4.78, 5) is 10.9. The van der Waals surface area contributed by atoms with Crippen LogP contribution in [0.25, 0.3) is 0 Å². The third-order valence-corrected chi connectivity index (χ3v) is 3.23. The number of nitrogens with two attached hydrogens (primary N) is 1. The van der Waals surface area contributed by atoms with Gasteiger partial charge < -0.3 is 10.7 Å². The zero-order chi connectivity index (χ0) is 12.9. The van der Waals surface area contributed by atoms with Gasteiger partial charge in [0.25, 0.3) is 0 Å². The van der Waals surface area contributed by atoms with Crippen LogP contribution < -0.4 is 16.6 Å². The van der Waals surface area contributed by atoms with E-state index >= 15 is 0 Å². The van der Waals surface area contributed by atoms with Crippen molar-refractivity contribution in [2.45, 2.75) is 11.8 Å². The van der Waals surface area contributed by atoms with E-state index in [9.17, 15) is 13.2 Å². The lowest BCUT2D eigenvalue weighted by Gasteiger charge is -2.04. The highest BCUT2D eigenvalue weighted by atomic mass is 32.2. The SMILES string of the molecule is CC(=O)Nc1cccc(S(=O)(=O)/C=C/NN)c1. The van der Waals surface area contributed by atoms with E-state index in [1.54, 1.807) is 12.1 Å². The molecule has 0 fully saturated rings. The fraction of sp³-hybridized carbons (Fsp3) is 0.100. The number of hydrogen-bond acceptors (Lipinski definition) is 5. The fourth-order valence-electron chi connectivity index (χ4n) is 1.16. The minimum atomic E-state index is -3.56. The molecule has 0 bridgehead atoms. The van der Waals surface area contributed by atoms with Crippen LogP contribution in [-0.2, 0) is 14.6 Å². The number of anilines is 1. The summed E-state index contributed by atoms with van der Waals surface area (Å²) in [5, 5.41) is 3.45. The molecular weight excluding hydrogens is 242 g/mol. The highest BCUT2D eigenvalue weighted by Crippen LogP contribution is 2.17. The van der Waals surface area contributed by atoms with E-state index < -0.39 is 9.84 Å². The second-order valence-corrected chi connectivity index (χ2v) is 5.06. The summed E-state index contributed by atoms with van der Waals surface area (Å²) in [6.45, 7) is 1.35. The predicted molar refractivity (Wildman–Crippen MR) is 64.4 cm³/mol. The van der Waals surface area contributed by atoms with Crippen molar-refractivity contribution in [2.75, 3.05) is 5.32 Å². The molecule has 1 rings (SSSR count). The fourth-order valence-corrected chi connectivity index (χ4v) is 2.14. The van der Waals surface area contributed by atoms with E-state index in [4.69, 9.17) is 5.84 Å². The Morgan fingerprint density at radius 1 is 1.41 bits per heavy atom. The van der Waals surface area contributed by atoms with Crippen LogP contribution in [0.15, 0.2) is 40.8 Å². The van der Waals surface area contributed by atoms with Crippen LogP contribution in [0.4, 0.5) is 5.69 Å². The number of carbonyl (C=O) groups excluding carboxylic acids is 1. The van der Waals surface area contributed by atoms with Gasteiger partial charge in [0, 0.05) is 18.8 Å². The molecule has 1 aromatic carbocycles. The Morgan fingerprint density at radius 3 is 2.71 bits per heavy atom. The number of sulfone groups is 1. The third kappa shape index (κ3) is 3.89. The predicted octanol–water partition coefficient (Wildman–Crippen LogP) is 0.353. The van der Waals surface area contributed by atoms with Crippen LogP contribution in [0.3, 0.4) is 0 Å². The number of rotatable bonds is 4. The van der Waals surface area contributed by atoms with Crippen molar-refractivity contribution in [1.29, 1.82) is 0 Å². The average molecular weight is 255 g/mol. The monoisotopic (exact) mass is 255 g/mol. The quantitative estimate of drug-likeness (QED) is 0.532. The standard InChI is InChI=1S/C10H13N3O3S/c1-8(14)13-9-3-2-4-10(7-9)17(15,16)6-5-12-11/h2-7,12H,11H2,1H3,(H,13,14)/b6-5+. The maximum atomic E-state index is 11.7. The Kier molecular flexibility index (Phi) is 4.24. The number of amides is 1. The van der Waals surface area contributed by atoms with E-state index in [0.29, 0.717) is 5.69 Å². The van der Waals surface area contributed by atoms with Gasteiger partial charge in [-0.1, -0.05) is 6.07 Å². The summed E-state index contributed by atoms with van der Waals surface area (Å²) in [5.41, 5.74) is 2.53. The van der Waals surface area contributed by atoms with E-state index in [1.165, 1.54) is 19.1 Å². The molecule has 0 aliphatic heterocycles. The Bertz CT molecular complexity index is 537. The highest BCUT2D eigenvalue weighted by molar-refractivity contribution is 7.94. The zero-order valence-corrected chi connectivity index (χ0v) is 9.99. The van der Waals surface area contributed by atoms with E-state index in [1.807, 2.05) is 0 Å². The second-order valence-electron chi connectivity index (χ2n) is 3.22. The lowest BCUT2D eigenvalue weighted by atomic mass is 10.3. The smallest absolute Gasteiger partial charge is 0.221 e. The van der Waals surface area contributed by atoms with Crippen molar-refractivity contribution in [3.05, 3.63) is 35.9 Å². The largest absolute Gasteiger partial charge is 0.331 e. The van der Waals surface area contributed by atoms with Crippen molar-refractivity contribution in [2.24, 2.45) is 5.84 Å². The molecule has 0 saturated heterocycles. The number of hydrazine groups is 1. The first-order valence-corrected chi connectivity index (χ1v) is 6.26. The molecule has 0 atom stereocenters. The van der Waals surface area contributed by atoms with Crippen LogP contribution in [0.1, 0.15) is 6.92 Å². The molecule has 0 unspecified atom stereocenters. The Labute approximate surface area is 99.4 Å². The molecular formula is C10H13N3O3S. The molecule has 0 saturated carbocycles. The van der Waals surface area contributed by atoms with Gasteiger partial charge >= 0.3 is 0 Å². The molecule has 17 heavy (non-hydrogen) atoms. The van der Waals surface area contributed by atoms with Crippen molar-refractivity contribution in [3.8, 4) is 0 Å². The summed E-state index contributed by atoms with van der Waals surface area (Å²) in [7, 11) is -3.56. The molecule has 0 heterocycles. The summed E-state index contributed by atoms with van der Waals surface area (Å²) >= 11 is 0. The van der Waals surface area contributed by atoms with E-state index in [2.05, 4.69) is 10.7 Å². The van der Waals surface area contributed by atoms with Gasteiger partial charge in [-0.2, -0.15) is 0 Å². The van der Waals surface area contributed by atoms with E-state index in [0.717, 1.165) is 11.6 Å². The Hall–Kier alpha value is -1.86. The minimum absolute atomic E-state index is 0.0789. The minimum Gasteiger partial charge on any atom is -0.331 e. The van der Waals surface area contributed by atoms with Gasteiger partial charge in [-0.3, -0.25) is 10.6 Å². The topological polar surface area (TPSA) is 101 Å². The molecule has 0 aromatic heterocycles. The lowest BCUT2D eigenvalue weighted by Crippen LogP contribution is -2.14. The molecule has 1 aromatic rings. The van der Waals surface area contributed by atoms with Gasteiger partial charge in [0.05, 0.1) is 10.3 Å². The lowest BCUT2D eigenvalue weighted by molar-refractivity contribution is -0.114. The van der Waals surface area contributed by atoms with E-state index in [-0.39, 0.29) is 10.8 Å². The first-order chi connectivity index (χ1) is 7.95. The number of nitrogens with one attached hydrogen (secondary N) is 2. The second kappa shape index (κ2) is 5.46. The van der Waals surface area contributed by atoms with Gasteiger partial charge in [-0.15, -0.1) is 0 Å². The summed E-state index contributed by atoms with van der Waals surface area (Å²) in [6, 6.07) is 5.95.